The number of nitrogens with two attached hydrogens (primary N) is 1. The molecule has 92 valence electrons. The number of amides is 1. The number of hydrogen-bond acceptors (Lipinski definition) is 2. The summed E-state index contributed by atoms with van der Waals surface area (Å²) in [5.41, 5.74) is 5.93. The molecule has 3 nitrogen and oxygen atoms in total. The summed E-state index contributed by atoms with van der Waals surface area (Å²) in [5, 5.41) is 3.05. The Bertz CT molecular complexity index is 250. The second kappa shape index (κ2) is 5.17. The van der Waals surface area contributed by atoms with Crippen LogP contribution in [-0.2, 0) is 4.79 Å². The molecule has 3 N–H and O–H groups in total. The molecule has 3 unspecified atom stereocenters. The van der Waals surface area contributed by atoms with Gasteiger partial charge in [0, 0.05) is 19.0 Å². The summed E-state index contributed by atoms with van der Waals surface area (Å²) in [5.74, 6) is 2.24. The lowest BCUT2D eigenvalue weighted by Gasteiger charge is -2.17. The van der Waals surface area contributed by atoms with E-state index >= 15 is 0 Å². The molecular formula is C13H24N2O. The van der Waals surface area contributed by atoms with Crippen LogP contribution in [-0.4, -0.2) is 18.5 Å². The fourth-order valence-corrected chi connectivity index (χ4v) is 2.75. The van der Waals surface area contributed by atoms with Crippen LogP contribution < -0.4 is 11.1 Å². The van der Waals surface area contributed by atoms with Gasteiger partial charge < -0.3 is 11.1 Å². The number of carbonyl (C=O) groups excluding carboxylic acids is 1. The average Bonchev–Trinajstić information content (AvgIpc) is 3.00. The summed E-state index contributed by atoms with van der Waals surface area (Å²) in [6, 6.07) is 0.0981. The maximum atomic E-state index is 11.7. The minimum Gasteiger partial charge on any atom is -0.356 e. The van der Waals surface area contributed by atoms with Crippen LogP contribution in [0.15, 0.2) is 0 Å². The van der Waals surface area contributed by atoms with E-state index in [9.17, 15) is 4.79 Å². The minimum atomic E-state index is 0.0981. The van der Waals surface area contributed by atoms with E-state index in [4.69, 9.17) is 5.73 Å². The molecule has 0 heterocycles. The molecule has 0 aromatic heterocycles. The molecule has 16 heavy (non-hydrogen) atoms. The maximum Gasteiger partial charge on any atom is 0.221 e. The fourth-order valence-electron chi connectivity index (χ4n) is 2.75. The molecule has 0 aromatic carbocycles. The summed E-state index contributed by atoms with van der Waals surface area (Å²) >= 11 is 0. The number of hydrogen-bond donors (Lipinski definition) is 2. The van der Waals surface area contributed by atoms with Gasteiger partial charge in [-0.2, -0.15) is 0 Å². The summed E-state index contributed by atoms with van der Waals surface area (Å²) in [6.07, 6.45) is 6.87. The summed E-state index contributed by atoms with van der Waals surface area (Å²) in [4.78, 5) is 11.7. The highest BCUT2D eigenvalue weighted by Gasteiger charge is 2.30. The first-order valence-electron chi connectivity index (χ1n) is 6.69. The monoisotopic (exact) mass is 224 g/mol. The Labute approximate surface area is 98.2 Å². The first-order valence-corrected chi connectivity index (χ1v) is 6.69. The molecule has 0 aromatic rings. The molecule has 3 heteroatoms. The Hall–Kier alpha value is -0.570. The van der Waals surface area contributed by atoms with E-state index in [0.717, 1.165) is 12.5 Å². The molecule has 0 radical (unpaired) electrons. The van der Waals surface area contributed by atoms with E-state index < -0.39 is 0 Å². The van der Waals surface area contributed by atoms with Crippen molar-refractivity contribution in [2.24, 2.45) is 23.5 Å². The average molecular weight is 224 g/mol. The van der Waals surface area contributed by atoms with E-state index in [2.05, 4.69) is 12.2 Å². The van der Waals surface area contributed by atoms with Crippen LogP contribution in [0.1, 0.15) is 45.4 Å². The highest BCUT2D eigenvalue weighted by Crippen LogP contribution is 2.33. The maximum absolute atomic E-state index is 11.7. The SMILES string of the molecule is CC1CCCC1CNC(=O)CC(N)C1CC1. The Morgan fingerprint density at radius 2 is 2.12 bits per heavy atom. The predicted octanol–water partition coefficient (Wildman–Crippen LogP) is 1.67. The van der Waals surface area contributed by atoms with E-state index in [1.807, 2.05) is 0 Å². The molecule has 2 aliphatic carbocycles. The fraction of sp³-hybridized carbons (Fsp3) is 0.923. The van der Waals surface area contributed by atoms with Gasteiger partial charge in [0.2, 0.25) is 5.91 Å². The molecular weight excluding hydrogens is 200 g/mol. The van der Waals surface area contributed by atoms with Gasteiger partial charge in [0.05, 0.1) is 0 Å². The molecule has 3 atom stereocenters. The molecule has 2 rings (SSSR count). The van der Waals surface area contributed by atoms with Crippen molar-refractivity contribution in [1.82, 2.24) is 5.32 Å². The van der Waals surface area contributed by atoms with Crippen LogP contribution in [0.4, 0.5) is 0 Å². The Morgan fingerprint density at radius 3 is 2.69 bits per heavy atom. The third-order valence-corrected chi connectivity index (χ3v) is 4.25. The van der Waals surface area contributed by atoms with Gasteiger partial charge in [0.25, 0.3) is 0 Å². The zero-order chi connectivity index (χ0) is 11.5. The topological polar surface area (TPSA) is 55.1 Å². The van der Waals surface area contributed by atoms with Crippen molar-refractivity contribution < 1.29 is 4.79 Å². The summed E-state index contributed by atoms with van der Waals surface area (Å²) in [7, 11) is 0. The van der Waals surface area contributed by atoms with Gasteiger partial charge in [0.15, 0.2) is 0 Å². The highest BCUT2D eigenvalue weighted by atomic mass is 16.1. The molecule has 0 saturated heterocycles. The first-order chi connectivity index (χ1) is 7.66. The van der Waals surface area contributed by atoms with Crippen LogP contribution in [0.25, 0.3) is 0 Å². The van der Waals surface area contributed by atoms with Gasteiger partial charge in [-0.3, -0.25) is 4.79 Å². The summed E-state index contributed by atoms with van der Waals surface area (Å²) in [6.45, 7) is 3.15. The summed E-state index contributed by atoms with van der Waals surface area (Å²) < 4.78 is 0. The van der Waals surface area contributed by atoms with Crippen molar-refractivity contribution in [3.05, 3.63) is 0 Å². The van der Waals surface area contributed by atoms with E-state index in [0.29, 0.717) is 18.3 Å². The van der Waals surface area contributed by atoms with E-state index in [-0.39, 0.29) is 11.9 Å². The van der Waals surface area contributed by atoms with Crippen molar-refractivity contribution in [1.29, 1.82) is 0 Å². The van der Waals surface area contributed by atoms with Crippen LogP contribution in [0.5, 0.6) is 0 Å². The Balaban J connectivity index is 1.63. The van der Waals surface area contributed by atoms with Crippen molar-refractivity contribution in [2.75, 3.05) is 6.54 Å². The number of nitrogens with one attached hydrogen (secondary N) is 1. The number of rotatable bonds is 5. The Kier molecular flexibility index (Phi) is 3.85. The van der Waals surface area contributed by atoms with Gasteiger partial charge in [-0.1, -0.05) is 19.8 Å². The van der Waals surface area contributed by atoms with Crippen LogP contribution in [0, 0.1) is 17.8 Å². The van der Waals surface area contributed by atoms with Gasteiger partial charge in [-0.25, -0.2) is 0 Å². The quantitative estimate of drug-likeness (QED) is 0.746. The molecule has 2 fully saturated rings. The van der Waals surface area contributed by atoms with E-state index in [1.165, 1.54) is 32.1 Å². The lowest BCUT2D eigenvalue weighted by molar-refractivity contribution is -0.121. The molecule has 0 bridgehead atoms. The standard InChI is InChI=1S/C13H24N2O/c1-9-3-2-4-11(9)8-15-13(16)7-12(14)10-5-6-10/h9-12H,2-8,14H2,1H3,(H,15,16). The Morgan fingerprint density at radius 1 is 1.38 bits per heavy atom. The van der Waals surface area contributed by atoms with E-state index in [1.54, 1.807) is 0 Å². The van der Waals surface area contributed by atoms with Crippen molar-refractivity contribution >= 4 is 5.91 Å². The van der Waals surface area contributed by atoms with Gasteiger partial charge in [-0.05, 0) is 37.0 Å². The first kappa shape index (κ1) is 11.9. The van der Waals surface area contributed by atoms with Crippen LogP contribution in [0.3, 0.4) is 0 Å². The zero-order valence-electron chi connectivity index (χ0n) is 10.2. The largest absolute Gasteiger partial charge is 0.356 e. The van der Waals surface area contributed by atoms with Gasteiger partial charge in [-0.15, -0.1) is 0 Å². The van der Waals surface area contributed by atoms with Gasteiger partial charge in [0.1, 0.15) is 0 Å². The third kappa shape index (κ3) is 3.21. The predicted molar refractivity (Wildman–Crippen MR) is 64.8 cm³/mol. The molecule has 0 spiro atoms. The normalized spacial score (nSPS) is 31.4. The lowest BCUT2D eigenvalue weighted by Crippen LogP contribution is -2.35. The van der Waals surface area contributed by atoms with Gasteiger partial charge >= 0.3 is 0 Å². The third-order valence-electron chi connectivity index (χ3n) is 4.25. The minimum absolute atomic E-state index is 0.0981. The van der Waals surface area contributed by atoms with Crippen LogP contribution in [0.2, 0.25) is 0 Å². The molecule has 1 amide bonds. The van der Waals surface area contributed by atoms with Crippen molar-refractivity contribution in [2.45, 2.75) is 51.5 Å². The van der Waals surface area contributed by atoms with Crippen molar-refractivity contribution in [3.63, 3.8) is 0 Å². The number of carbonyl (C=O) groups is 1. The molecule has 2 aliphatic rings. The molecule has 0 aliphatic heterocycles. The smallest absolute Gasteiger partial charge is 0.221 e. The van der Waals surface area contributed by atoms with Crippen LogP contribution >= 0.6 is 0 Å². The second-order valence-electron chi connectivity index (χ2n) is 5.68. The highest BCUT2D eigenvalue weighted by molar-refractivity contribution is 5.76. The second-order valence-corrected chi connectivity index (χ2v) is 5.68. The zero-order valence-corrected chi connectivity index (χ0v) is 10.2. The lowest BCUT2D eigenvalue weighted by atomic mass is 9.98. The molecule has 2 saturated carbocycles. The van der Waals surface area contributed by atoms with Crippen molar-refractivity contribution in [3.8, 4) is 0 Å².